The number of hydrogen-bond acceptors (Lipinski definition) is 6. The third kappa shape index (κ3) is 5.50. The molecule has 2 N–H and O–H groups in total. The van der Waals surface area contributed by atoms with Gasteiger partial charge in [0.2, 0.25) is 0 Å². The fraction of sp³-hybridized carbons (Fsp3) is 0.455. The van der Waals surface area contributed by atoms with Gasteiger partial charge < -0.3 is 19.5 Å². The van der Waals surface area contributed by atoms with E-state index in [2.05, 4.69) is 0 Å². The first-order valence-electron chi connectivity index (χ1n) is 5.68. The average molecular weight is 288 g/mol. The summed E-state index contributed by atoms with van der Waals surface area (Å²) >= 11 is 0. The van der Waals surface area contributed by atoms with Gasteiger partial charge in [0.05, 0.1) is 19.5 Å². The minimum absolute atomic E-state index is 0.0279. The van der Waals surface area contributed by atoms with E-state index >= 15 is 0 Å². The lowest BCUT2D eigenvalue weighted by Gasteiger charge is -2.12. The first kappa shape index (κ1) is 15.8. The Bertz CT molecular complexity index is 514. The Kier molecular flexibility index (Phi) is 5.65. The van der Waals surface area contributed by atoms with E-state index in [9.17, 15) is 18.5 Å². The number of rotatable bonds is 7. The lowest BCUT2D eigenvalue weighted by molar-refractivity contribution is 0.317. The van der Waals surface area contributed by atoms with Gasteiger partial charge >= 0.3 is 7.12 Å². The van der Waals surface area contributed by atoms with Crippen molar-refractivity contribution >= 4 is 22.4 Å². The molecule has 0 heterocycles. The predicted molar refractivity (Wildman–Crippen MR) is 72.6 cm³/mol. The Hall–Kier alpha value is -1.25. The highest BCUT2D eigenvalue weighted by atomic mass is 32.2. The van der Waals surface area contributed by atoms with Crippen molar-refractivity contribution in [1.82, 2.24) is 0 Å². The van der Waals surface area contributed by atoms with Crippen molar-refractivity contribution in [2.45, 2.75) is 6.42 Å². The predicted octanol–water partition coefficient (Wildman–Crippen LogP) is -0.811. The van der Waals surface area contributed by atoms with Crippen molar-refractivity contribution in [1.29, 1.82) is 0 Å². The van der Waals surface area contributed by atoms with Gasteiger partial charge in [0.1, 0.15) is 21.3 Å². The van der Waals surface area contributed by atoms with E-state index < -0.39 is 17.0 Å². The van der Waals surface area contributed by atoms with Crippen LogP contribution in [0.1, 0.15) is 6.42 Å². The molecule has 106 valence electrons. The largest absolute Gasteiger partial charge is 0.497 e. The maximum absolute atomic E-state index is 10.9. The van der Waals surface area contributed by atoms with Crippen molar-refractivity contribution in [3.8, 4) is 11.5 Å². The second-order valence-electron chi connectivity index (χ2n) is 4.11. The molecule has 6 nitrogen and oxygen atoms in total. The van der Waals surface area contributed by atoms with Crippen molar-refractivity contribution in [3.63, 3.8) is 0 Å². The SMILES string of the molecule is COc1ccc(OCCCS(C)(=O)=O)c(B(O)O)c1. The minimum atomic E-state index is -3.01. The molecule has 0 aromatic heterocycles. The molecule has 0 saturated heterocycles. The number of benzene rings is 1. The van der Waals surface area contributed by atoms with E-state index in [1.165, 1.54) is 13.2 Å². The van der Waals surface area contributed by atoms with Gasteiger partial charge in [-0.3, -0.25) is 0 Å². The molecule has 19 heavy (non-hydrogen) atoms. The monoisotopic (exact) mass is 288 g/mol. The summed E-state index contributed by atoms with van der Waals surface area (Å²) in [4.78, 5) is 0. The minimum Gasteiger partial charge on any atom is -0.497 e. The standard InChI is InChI=1S/C11H17BO6S/c1-17-9-4-5-11(10(8-9)12(13)14)18-6-3-7-19(2,15)16/h4-5,8,13-14H,3,6-7H2,1-2H3. The van der Waals surface area contributed by atoms with Crippen LogP contribution in [-0.4, -0.2) is 51.3 Å². The number of methoxy groups -OCH3 is 1. The Labute approximate surface area is 113 Å². The lowest BCUT2D eigenvalue weighted by Crippen LogP contribution is -2.31. The number of hydrogen-bond donors (Lipinski definition) is 2. The summed E-state index contributed by atoms with van der Waals surface area (Å²) < 4.78 is 32.2. The molecule has 0 unspecified atom stereocenters. The summed E-state index contributed by atoms with van der Waals surface area (Å²) in [5, 5.41) is 18.5. The molecule has 0 amide bonds. The van der Waals surface area contributed by atoms with Crippen LogP contribution in [0.4, 0.5) is 0 Å². The maximum Gasteiger partial charge on any atom is 0.492 e. The van der Waals surface area contributed by atoms with Crippen molar-refractivity contribution in [2.75, 3.05) is 25.7 Å². The molecule has 1 aromatic rings. The smallest absolute Gasteiger partial charge is 0.492 e. The molecule has 0 saturated carbocycles. The molecule has 0 aliphatic heterocycles. The normalized spacial score (nSPS) is 11.2. The van der Waals surface area contributed by atoms with Gasteiger partial charge in [0.25, 0.3) is 0 Å². The van der Waals surface area contributed by atoms with Gasteiger partial charge in [0, 0.05) is 11.7 Å². The molecule has 1 rings (SSSR count). The van der Waals surface area contributed by atoms with E-state index in [4.69, 9.17) is 9.47 Å². The van der Waals surface area contributed by atoms with Crippen LogP contribution in [0, 0.1) is 0 Å². The molecule has 8 heteroatoms. The van der Waals surface area contributed by atoms with Crippen LogP contribution in [0.3, 0.4) is 0 Å². The summed E-state index contributed by atoms with van der Waals surface area (Å²) in [6, 6.07) is 4.63. The Balaban J connectivity index is 2.67. The van der Waals surface area contributed by atoms with Gasteiger partial charge in [-0.05, 0) is 24.6 Å². The molecule has 0 aliphatic carbocycles. The van der Waals surface area contributed by atoms with Gasteiger partial charge in [-0.2, -0.15) is 0 Å². The molecule has 0 spiro atoms. The van der Waals surface area contributed by atoms with Crippen LogP contribution in [0.15, 0.2) is 18.2 Å². The molecule has 0 bridgehead atoms. The van der Waals surface area contributed by atoms with Crippen LogP contribution >= 0.6 is 0 Å². The van der Waals surface area contributed by atoms with E-state index in [1.807, 2.05) is 0 Å². The van der Waals surface area contributed by atoms with Crippen LogP contribution in [-0.2, 0) is 9.84 Å². The van der Waals surface area contributed by atoms with E-state index in [-0.39, 0.29) is 17.8 Å². The third-order valence-electron chi connectivity index (χ3n) is 2.41. The van der Waals surface area contributed by atoms with Crippen molar-refractivity contribution in [3.05, 3.63) is 18.2 Å². The molecular formula is C11H17BO6S. The molecule has 1 aromatic carbocycles. The van der Waals surface area contributed by atoms with Crippen LogP contribution < -0.4 is 14.9 Å². The highest BCUT2D eigenvalue weighted by Gasteiger charge is 2.18. The maximum atomic E-state index is 10.9. The van der Waals surface area contributed by atoms with E-state index in [0.29, 0.717) is 17.9 Å². The van der Waals surface area contributed by atoms with Gasteiger partial charge in [-0.1, -0.05) is 0 Å². The summed E-state index contributed by atoms with van der Waals surface area (Å²) in [6.07, 6.45) is 1.50. The second kappa shape index (κ2) is 6.79. The third-order valence-corrected chi connectivity index (χ3v) is 3.44. The van der Waals surface area contributed by atoms with Gasteiger partial charge in [0.15, 0.2) is 0 Å². The zero-order valence-corrected chi connectivity index (χ0v) is 11.7. The summed E-state index contributed by atoms with van der Waals surface area (Å²) in [7, 11) is -3.23. The van der Waals surface area contributed by atoms with Gasteiger partial charge in [-0.15, -0.1) is 0 Å². The van der Waals surface area contributed by atoms with Crippen LogP contribution in [0.5, 0.6) is 11.5 Å². The molecule has 0 atom stereocenters. The van der Waals surface area contributed by atoms with Crippen LogP contribution in [0.2, 0.25) is 0 Å². The first-order chi connectivity index (χ1) is 8.83. The van der Waals surface area contributed by atoms with E-state index in [0.717, 1.165) is 6.26 Å². The highest BCUT2D eigenvalue weighted by molar-refractivity contribution is 7.90. The molecule has 0 fully saturated rings. The van der Waals surface area contributed by atoms with Crippen LogP contribution in [0.25, 0.3) is 0 Å². The fourth-order valence-corrected chi connectivity index (χ4v) is 2.13. The molecule has 0 radical (unpaired) electrons. The fourth-order valence-electron chi connectivity index (χ4n) is 1.49. The van der Waals surface area contributed by atoms with E-state index in [1.54, 1.807) is 12.1 Å². The lowest BCUT2D eigenvalue weighted by atomic mass is 9.79. The Morgan fingerprint density at radius 3 is 2.53 bits per heavy atom. The quantitative estimate of drug-likeness (QED) is 0.503. The molecule has 0 aliphatic rings. The Morgan fingerprint density at radius 2 is 2.00 bits per heavy atom. The summed E-state index contributed by atoms with van der Waals surface area (Å²) in [6.45, 7) is 0.180. The topological polar surface area (TPSA) is 93.1 Å². The van der Waals surface area contributed by atoms with Gasteiger partial charge in [-0.25, -0.2) is 8.42 Å². The summed E-state index contributed by atoms with van der Waals surface area (Å²) in [5.74, 6) is 0.802. The summed E-state index contributed by atoms with van der Waals surface area (Å²) in [5.41, 5.74) is 0.179. The first-order valence-corrected chi connectivity index (χ1v) is 7.74. The number of ether oxygens (including phenoxy) is 2. The number of sulfone groups is 1. The average Bonchev–Trinajstić information content (AvgIpc) is 2.33. The zero-order valence-electron chi connectivity index (χ0n) is 10.9. The molecular weight excluding hydrogens is 271 g/mol. The van der Waals surface area contributed by atoms with Crippen molar-refractivity contribution in [2.24, 2.45) is 0 Å². The highest BCUT2D eigenvalue weighted by Crippen LogP contribution is 2.15. The zero-order chi connectivity index (χ0) is 14.5. The van der Waals surface area contributed by atoms with Crippen molar-refractivity contribution < 1.29 is 27.9 Å². The second-order valence-corrected chi connectivity index (χ2v) is 6.37. The Morgan fingerprint density at radius 1 is 1.32 bits per heavy atom.